The maximum absolute atomic E-state index is 11.9. The van der Waals surface area contributed by atoms with Crippen molar-refractivity contribution < 1.29 is 14.3 Å². The predicted octanol–water partition coefficient (Wildman–Crippen LogP) is 1.83. The van der Waals surface area contributed by atoms with Gasteiger partial charge < -0.3 is 9.47 Å². The maximum Gasteiger partial charge on any atom is 0.323 e. The molecule has 0 radical (unpaired) electrons. The van der Waals surface area contributed by atoms with Crippen LogP contribution in [0, 0.1) is 0 Å². The van der Waals surface area contributed by atoms with Crippen molar-refractivity contribution >= 4 is 5.97 Å². The summed E-state index contributed by atoms with van der Waals surface area (Å²) in [6.45, 7) is 7.25. The largest absolute Gasteiger partial charge is 0.465 e. The van der Waals surface area contributed by atoms with E-state index in [4.69, 9.17) is 9.47 Å². The Morgan fingerprint density at radius 1 is 1.53 bits per heavy atom. The summed E-state index contributed by atoms with van der Waals surface area (Å²) in [5.41, 5.74) is 0. The zero-order valence-corrected chi connectivity index (χ0v) is 11.4. The summed E-state index contributed by atoms with van der Waals surface area (Å²) in [6, 6.07) is 0.199. The van der Waals surface area contributed by atoms with Gasteiger partial charge in [0.05, 0.1) is 12.7 Å². The third-order valence-electron chi connectivity index (χ3n) is 3.47. The van der Waals surface area contributed by atoms with Gasteiger partial charge in [-0.1, -0.05) is 13.3 Å². The number of nitrogens with zero attached hydrogens (tertiary/aromatic N) is 1. The van der Waals surface area contributed by atoms with Crippen LogP contribution in [0.5, 0.6) is 0 Å². The number of carbonyl (C=O) groups is 1. The smallest absolute Gasteiger partial charge is 0.323 e. The molecule has 1 fully saturated rings. The van der Waals surface area contributed by atoms with Crippen molar-refractivity contribution in [3.05, 3.63) is 0 Å². The highest BCUT2D eigenvalue weighted by Gasteiger charge is 2.34. The number of likely N-dealkylation sites (N-methyl/N-ethyl adjacent to an activating group) is 1. The minimum absolute atomic E-state index is 0.101. The van der Waals surface area contributed by atoms with Crippen molar-refractivity contribution in [2.75, 3.05) is 20.3 Å². The lowest BCUT2D eigenvalue weighted by Crippen LogP contribution is -2.48. The lowest BCUT2D eigenvalue weighted by Gasteiger charge is -2.32. The summed E-state index contributed by atoms with van der Waals surface area (Å²) in [5, 5.41) is 0. The number of esters is 1. The van der Waals surface area contributed by atoms with E-state index in [1.165, 1.54) is 0 Å². The minimum atomic E-state index is -0.130. The molecule has 17 heavy (non-hydrogen) atoms. The van der Waals surface area contributed by atoms with Crippen LogP contribution < -0.4 is 0 Å². The second-order valence-corrected chi connectivity index (χ2v) is 4.65. The number of carbonyl (C=O) groups excluding carboxylic acids is 1. The molecule has 0 aromatic heterocycles. The Morgan fingerprint density at radius 3 is 2.71 bits per heavy atom. The van der Waals surface area contributed by atoms with Crippen LogP contribution >= 0.6 is 0 Å². The van der Waals surface area contributed by atoms with Crippen molar-refractivity contribution in [2.24, 2.45) is 0 Å². The van der Waals surface area contributed by atoms with E-state index >= 15 is 0 Å². The molecule has 0 aromatic carbocycles. The molecular weight excluding hydrogens is 218 g/mol. The van der Waals surface area contributed by atoms with E-state index in [0.717, 1.165) is 25.9 Å². The van der Waals surface area contributed by atoms with Gasteiger partial charge in [-0.3, -0.25) is 9.69 Å². The fourth-order valence-electron chi connectivity index (χ4n) is 2.49. The van der Waals surface area contributed by atoms with Crippen LogP contribution in [0.25, 0.3) is 0 Å². The fraction of sp³-hybridized carbons (Fsp3) is 0.923. The van der Waals surface area contributed by atoms with Crippen molar-refractivity contribution in [2.45, 2.75) is 58.2 Å². The molecule has 0 bridgehead atoms. The number of ether oxygens (including phenoxy) is 2. The summed E-state index contributed by atoms with van der Waals surface area (Å²) in [4.78, 5) is 14.1. The van der Waals surface area contributed by atoms with Gasteiger partial charge in [-0.2, -0.15) is 0 Å². The van der Waals surface area contributed by atoms with Gasteiger partial charge in [0.1, 0.15) is 6.04 Å². The lowest BCUT2D eigenvalue weighted by molar-refractivity contribution is -0.150. The fourth-order valence-corrected chi connectivity index (χ4v) is 2.49. The number of hydrogen-bond acceptors (Lipinski definition) is 4. The molecule has 1 aliphatic heterocycles. The maximum atomic E-state index is 11.9. The van der Waals surface area contributed by atoms with Crippen molar-refractivity contribution in [3.8, 4) is 0 Å². The highest BCUT2D eigenvalue weighted by atomic mass is 16.5. The molecule has 0 spiro atoms. The Labute approximate surface area is 104 Å². The van der Waals surface area contributed by atoms with Crippen LogP contribution in [0.3, 0.4) is 0 Å². The lowest BCUT2D eigenvalue weighted by atomic mass is 10.0. The molecule has 0 N–H and O–H groups in total. The molecule has 1 aliphatic rings. The Hall–Kier alpha value is -0.610. The predicted molar refractivity (Wildman–Crippen MR) is 66.9 cm³/mol. The summed E-state index contributed by atoms with van der Waals surface area (Å²) in [7, 11) is 2.01. The van der Waals surface area contributed by atoms with Gasteiger partial charge in [0, 0.05) is 12.6 Å². The topological polar surface area (TPSA) is 38.8 Å². The molecule has 0 aromatic rings. The zero-order chi connectivity index (χ0) is 12.8. The van der Waals surface area contributed by atoms with E-state index in [0.29, 0.717) is 12.6 Å². The van der Waals surface area contributed by atoms with Gasteiger partial charge in [0.2, 0.25) is 0 Å². The first-order valence-electron chi connectivity index (χ1n) is 6.61. The highest BCUT2D eigenvalue weighted by Crippen LogP contribution is 2.22. The summed E-state index contributed by atoms with van der Waals surface area (Å²) in [5.74, 6) is -0.101. The molecule has 1 rings (SSSR count). The summed E-state index contributed by atoms with van der Waals surface area (Å²) in [6.07, 6.45) is 3.03. The van der Waals surface area contributed by atoms with Gasteiger partial charge >= 0.3 is 5.97 Å². The quantitative estimate of drug-likeness (QED) is 0.667. The average molecular weight is 243 g/mol. The minimum Gasteiger partial charge on any atom is -0.465 e. The van der Waals surface area contributed by atoms with Crippen LogP contribution in [0.4, 0.5) is 0 Å². The molecular formula is C13H25NO3. The normalized spacial score (nSPS) is 26.2. The molecule has 3 unspecified atom stereocenters. The van der Waals surface area contributed by atoms with E-state index in [1.807, 2.05) is 14.0 Å². The first-order valence-corrected chi connectivity index (χ1v) is 6.61. The van der Waals surface area contributed by atoms with E-state index in [2.05, 4.69) is 18.7 Å². The third kappa shape index (κ3) is 3.68. The van der Waals surface area contributed by atoms with Gasteiger partial charge in [-0.25, -0.2) is 0 Å². The number of hydrogen-bond donors (Lipinski definition) is 0. The standard InChI is InChI=1S/C13H25NO3/c1-5-7-12(13(15)16-6-2)14(4)11-8-9-17-10(11)3/h10-12H,5-9H2,1-4H3. The van der Waals surface area contributed by atoms with E-state index in [1.54, 1.807) is 0 Å². The van der Waals surface area contributed by atoms with Gasteiger partial charge in [0.15, 0.2) is 0 Å². The Bertz CT molecular complexity index is 245. The molecule has 1 heterocycles. The van der Waals surface area contributed by atoms with Crippen molar-refractivity contribution in [1.82, 2.24) is 4.90 Å². The zero-order valence-electron chi connectivity index (χ0n) is 11.4. The highest BCUT2D eigenvalue weighted by molar-refractivity contribution is 5.75. The van der Waals surface area contributed by atoms with Crippen molar-refractivity contribution in [3.63, 3.8) is 0 Å². The molecule has 4 heteroatoms. The summed E-state index contributed by atoms with van der Waals surface area (Å²) >= 11 is 0. The van der Waals surface area contributed by atoms with Crippen LogP contribution in [0.1, 0.15) is 40.0 Å². The molecule has 3 atom stereocenters. The first kappa shape index (κ1) is 14.5. The van der Waals surface area contributed by atoms with Gasteiger partial charge in [-0.05, 0) is 33.7 Å². The first-order chi connectivity index (χ1) is 8.11. The van der Waals surface area contributed by atoms with Crippen LogP contribution in [-0.4, -0.2) is 49.3 Å². The van der Waals surface area contributed by atoms with Gasteiger partial charge in [0.25, 0.3) is 0 Å². The second-order valence-electron chi connectivity index (χ2n) is 4.65. The third-order valence-corrected chi connectivity index (χ3v) is 3.47. The Balaban J connectivity index is 2.65. The molecule has 0 aliphatic carbocycles. The van der Waals surface area contributed by atoms with Crippen LogP contribution in [0.2, 0.25) is 0 Å². The molecule has 4 nitrogen and oxygen atoms in total. The van der Waals surface area contributed by atoms with Crippen LogP contribution in [-0.2, 0) is 14.3 Å². The Morgan fingerprint density at radius 2 is 2.24 bits per heavy atom. The van der Waals surface area contributed by atoms with E-state index in [-0.39, 0.29) is 18.1 Å². The van der Waals surface area contributed by atoms with Crippen LogP contribution in [0.15, 0.2) is 0 Å². The number of rotatable bonds is 6. The molecule has 1 saturated heterocycles. The second kappa shape index (κ2) is 6.97. The monoisotopic (exact) mass is 243 g/mol. The van der Waals surface area contributed by atoms with Gasteiger partial charge in [-0.15, -0.1) is 0 Å². The summed E-state index contributed by atoms with van der Waals surface area (Å²) < 4.78 is 10.7. The average Bonchev–Trinajstić information content (AvgIpc) is 2.71. The molecule has 100 valence electrons. The van der Waals surface area contributed by atoms with E-state index < -0.39 is 0 Å². The SMILES string of the molecule is CCCC(C(=O)OCC)N(C)C1CCOC1C. The molecule has 0 amide bonds. The Kier molecular flexibility index (Phi) is 5.92. The molecule has 0 saturated carbocycles. The van der Waals surface area contributed by atoms with E-state index in [9.17, 15) is 4.79 Å². The van der Waals surface area contributed by atoms with Crippen molar-refractivity contribution in [1.29, 1.82) is 0 Å².